The largest absolute Gasteiger partial charge is 0.385 e. The van der Waals surface area contributed by atoms with Gasteiger partial charge in [0.15, 0.2) is 4.77 Å². The zero-order valence-corrected chi connectivity index (χ0v) is 13.8. The van der Waals surface area contributed by atoms with Crippen LogP contribution in [-0.4, -0.2) is 35.1 Å². The second-order valence-corrected chi connectivity index (χ2v) is 6.55. The first-order chi connectivity index (χ1) is 11.0. The van der Waals surface area contributed by atoms with Gasteiger partial charge in [0.2, 0.25) is 0 Å². The summed E-state index contributed by atoms with van der Waals surface area (Å²) in [6.45, 7) is 0.589. The SMILES string of the molecule is COCCC1(NC(=O)c2cc(F)cc3[nH]c(=S)[nH]c23)CCCC1. The lowest BCUT2D eigenvalue weighted by atomic mass is 9.93. The van der Waals surface area contributed by atoms with E-state index in [2.05, 4.69) is 15.3 Å². The van der Waals surface area contributed by atoms with Gasteiger partial charge in [-0.05, 0) is 43.6 Å². The average Bonchev–Trinajstić information content (AvgIpc) is 3.10. The number of aromatic nitrogens is 2. The second-order valence-electron chi connectivity index (χ2n) is 6.14. The van der Waals surface area contributed by atoms with Gasteiger partial charge in [0.05, 0.1) is 16.6 Å². The van der Waals surface area contributed by atoms with Crippen molar-refractivity contribution < 1.29 is 13.9 Å². The number of imidazole rings is 1. The number of hydrogen-bond acceptors (Lipinski definition) is 3. The lowest BCUT2D eigenvalue weighted by molar-refractivity contribution is 0.0866. The summed E-state index contributed by atoms with van der Waals surface area (Å²) >= 11 is 5.04. The minimum atomic E-state index is -0.467. The molecule has 0 spiro atoms. The van der Waals surface area contributed by atoms with Gasteiger partial charge in [-0.25, -0.2) is 4.39 Å². The Kier molecular flexibility index (Phi) is 4.50. The topological polar surface area (TPSA) is 69.9 Å². The molecule has 1 aromatic heterocycles. The van der Waals surface area contributed by atoms with Crippen LogP contribution in [0.1, 0.15) is 42.5 Å². The van der Waals surface area contributed by atoms with Crippen LogP contribution in [0.4, 0.5) is 4.39 Å². The smallest absolute Gasteiger partial charge is 0.254 e. The number of H-pyrrole nitrogens is 2. The number of carbonyl (C=O) groups excluding carboxylic acids is 1. The summed E-state index contributed by atoms with van der Waals surface area (Å²) in [4.78, 5) is 18.5. The Morgan fingerprint density at radius 1 is 1.39 bits per heavy atom. The van der Waals surface area contributed by atoms with Gasteiger partial charge in [-0.1, -0.05) is 12.8 Å². The second kappa shape index (κ2) is 6.41. The molecule has 1 fully saturated rings. The fraction of sp³-hybridized carbons (Fsp3) is 0.500. The molecule has 124 valence electrons. The summed E-state index contributed by atoms with van der Waals surface area (Å²) in [7, 11) is 1.65. The molecule has 23 heavy (non-hydrogen) atoms. The van der Waals surface area contributed by atoms with E-state index in [9.17, 15) is 9.18 Å². The standard InChI is InChI=1S/C16H20FN3O2S/c1-22-7-6-16(4-2-3-5-16)20-14(21)11-8-10(17)9-12-13(11)19-15(23)18-12/h8-9H,2-7H2,1H3,(H,20,21)(H2,18,19,23). The molecule has 3 rings (SSSR count). The number of benzene rings is 1. The zero-order chi connectivity index (χ0) is 16.4. The van der Waals surface area contributed by atoms with Crippen LogP contribution in [-0.2, 0) is 4.74 Å². The van der Waals surface area contributed by atoms with Crippen molar-refractivity contribution in [2.45, 2.75) is 37.6 Å². The van der Waals surface area contributed by atoms with Crippen molar-refractivity contribution in [1.82, 2.24) is 15.3 Å². The molecule has 0 aliphatic heterocycles. The molecular weight excluding hydrogens is 317 g/mol. The summed E-state index contributed by atoms with van der Waals surface area (Å²) < 4.78 is 19.4. The minimum absolute atomic E-state index is 0.265. The quantitative estimate of drug-likeness (QED) is 0.732. The van der Waals surface area contributed by atoms with Gasteiger partial charge in [0.25, 0.3) is 5.91 Å². The Labute approximate surface area is 138 Å². The van der Waals surface area contributed by atoms with Crippen molar-refractivity contribution in [3.05, 3.63) is 28.3 Å². The maximum Gasteiger partial charge on any atom is 0.254 e. The molecule has 2 aromatic rings. The van der Waals surface area contributed by atoms with E-state index in [4.69, 9.17) is 17.0 Å². The number of aromatic amines is 2. The third-order valence-corrected chi connectivity index (χ3v) is 4.76. The van der Waals surface area contributed by atoms with Crippen molar-refractivity contribution >= 4 is 29.2 Å². The van der Waals surface area contributed by atoms with Crippen LogP contribution in [0.25, 0.3) is 11.0 Å². The molecule has 1 aliphatic carbocycles. The van der Waals surface area contributed by atoms with Gasteiger partial charge < -0.3 is 20.0 Å². The number of methoxy groups -OCH3 is 1. The molecule has 1 saturated carbocycles. The molecule has 1 heterocycles. The Bertz CT molecular complexity index is 777. The summed E-state index contributed by atoms with van der Waals surface area (Å²) in [5.41, 5.74) is 1.04. The average molecular weight is 337 g/mol. The van der Waals surface area contributed by atoms with E-state index in [1.54, 1.807) is 7.11 Å². The van der Waals surface area contributed by atoms with Gasteiger partial charge in [-0.3, -0.25) is 4.79 Å². The Morgan fingerprint density at radius 3 is 2.83 bits per heavy atom. The fourth-order valence-electron chi connectivity index (χ4n) is 3.38. The van der Waals surface area contributed by atoms with Crippen molar-refractivity contribution in [3.8, 4) is 0 Å². The Morgan fingerprint density at radius 2 is 2.13 bits per heavy atom. The highest BCUT2D eigenvalue weighted by Crippen LogP contribution is 2.33. The van der Waals surface area contributed by atoms with Crippen LogP contribution in [0, 0.1) is 10.6 Å². The van der Waals surface area contributed by atoms with E-state index in [1.807, 2.05) is 0 Å². The lowest BCUT2D eigenvalue weighted by Gasteiger charge is -2.30. The number of halogens is 1. The molecule has 0 bridgehead atoms. The molecule has 0 radical (unpaired) electrons. The number of rotatable bonds is 5. The number of nitrogens with one attached hydrogen (secondary N) is 3. The first kappa shape index (κ1) is 16.1. The Balaban J connectivity index is 1.92. The van der Waals surface area contributed by atoms with Crippen LogP contribution in [0.15, 0.2) is 12.1 Å². The van der Waals surface area contributed by atoms with E-state index < -0.39 is 5.82 Å². The highest BCUT2D eigenvalue weighted by atomic mass is 32.1. The first-order valence-corrected chi connectivity index (χ1v) is 8.17. The van der Waals surface area contributed by atoms with Crippen molar-refractivity contribution in [2.75, 3.05) is 13.7 Å². The molecule has 0 atom stereocenters. The summed E-state index contributed by atoms with van der Waals surface area (Å²) in [6.07, 6.45) is 4.76. The lowest BCUT2D eigenvalue weighted by Crippen LogP contribution is -2.47. The van der Waals surface area contributed by atoms with Gasteiger partial charge >= 0.3 is 0 Å². The van der Waals surface area contributed by atoms with Gasteiger partial charge in [0, 0.05) is 19.3 Å². The molecule has 1 aliphatic rings. The first-order valence-electron chi connectivity index (χ1n) is 7.76. The fourth-order valence-corrected chi connectivity index (χ4v) is 3.59. The molecule has 7 heteroatoms. The summed E-state index contributed by atoms with van der Waals surface area (Å²) in [5, 5.41) is 3.12. The third-order valence-electron chi connectivity index (χ3n) is 4.56. The monoisotopic (exact) mass is 337 g/mol. The van der Waals surface area contributed by atoms with Crippen molar-refractivity contribution in [1.29, 1.82) is 0 Å². The molecule has 0 saturated heterocycles. The predicted octanol–water partition coefficient (Wildman–Crippen LogP) is 3.44. The van der Waals surface area contributed by atoms with Crippen LogP contribution in [0.5, 0.6) is 0 Å². The number of hydrogen-bond donors (Lipinski definition) is 3. The highest BCUT2D eigenvalue weighted by molar-refractivity contribution is 7.71. The van der Waals surface area contributed by atoms with Crippen molar-refractivity contribution in [3.63, 3.8) is 0 Å². The molecule has 3 N–H and O–H groups in total. The third kappa shape index (κ3) is 3.30. The van der Waals surface area contributed by atoms with Gasteiger partial charge in [-0.2, -0.15) is 0 Å². The maximum atomic E-state index is 13.8. The van der Waals surface area contributed by atoms with Gasteiger partial charge in [-0.15, -0.1) is 0 Å². The maximum absolute atomic E-state index is 13.8. The van der Waals surface area contributed by atoms with E-state index in [1.165, 1.54) is 12.1 Å². The predicted molar refractivity (Wildman–Crippen MR) is 88.6 cm³/mol. The van der Waals surface area contributed by atoms with Crippen LogP contribution in [0.3, 0.4) is 0 Å². The van der Waals surface area contributed by atoms with Crippen LogP contribution < -0.4 is 5.32 Å². The zero-order valence-electron chi connectivity index (χ0n) is 13.0. The number of ether oxygens (including phenoxy) is 1. The molecule has 5 nitrogen and oxygen atoms in total. The van der Waals surface area contributed by atoms with Gasteiger partial charge in [0.1, 0.15) is 5.82 Å². The van der Waals surface area contributed by atoms with Crippen molar-refractivity contribution in [2.24, 2.45) is 0 Å². The van der Waals surface area contributed by atoms with E-state index >= 15 is 0 Å². The molecule has 1 aromatic carbocycles. The molecule has 0 unspecified atom stereocenters. The highest BCUT2D eigenvalue weighted by Gasteiger charge is 2.35. The van der Waals surface area contributed by atoms with E-state index in [0.29, 0.717) is 22.4 Å². The normalized spacial score (nSPS) is 16.8. The molecular formula is C16H20FN3O2S. The van der Waals surface area contributed by atoms with E-state index in [0.717, 1.165) is 32.1 Å². The van der Waals surface area contributed by atoms with Crippen LogP contribution >= 0.6 is 12.2 Å². The minimum Gasteiger partial charge on any atom is -0.385 e. The summed E-state index contributed by atoms with van der Waals surface area (Å²) in [6, 6.07) is 2.57. The number of amides is 1. The van der Waals surface area contributed by atoms with E-state index in [-0.39, 0.29) is 17.0 Å². The summed E-state index contributed by atoms with van der Waals surface area (Å²) in [5.74, 6) is -0.747. The number of fused-ring (bicyclic) bond motifs is 1. The molecule has 1 amide bonds. The van der Waals surface area contributed by atoms with Crippen LogP contribution in [0.2, 0.25) is 0 Å². The number of carbonyl (C=O) groups is 1. The Hall–Kier alpha value is -1.73.